The van der Waals surface area contributed by atoms with E-state index in [1.54, 1.807) is 40.8 Å². The highest BCUT2D eigenvalue weighted by molar-refractivity contribution is 8.77. The van der Waals surface area contributed by atoms with Crippen LogP contribution in [0, 0.1) is 12.8 Å². The Morgan fingerprint density at radius 3 is 2.71 bits per heavy atom. The minimum absolute atomic E-state index is 0. The Bertz CT molecular complexity index is 1130. The van der Waals surface area contributed by atoms with Crippen LogP contribution in [-0.2, 0) is 29.3 Å². The van der Waals surface area contributed by atoms with Crippen LogP contribution in [0.4, 0.5) is 4.70 Å². The zero-order valence-corrected chi connectivity index (χ0v) is 22.9. The summed E-state index contributed by atoms with van der Waals surface area (Å²) >= 11 is 0. The monoisotopic (exact) mass is 546 g/mol. The summed E-state index contributed by atoms with van der Waals surface area (Å²) in [5.74, 6) is -0.236. The smallest absolute Gasteiger partial charge is 0.349 e. The topological polar surface area (TPSA) is 88.9 Å². The van der Waals surface area contributed by atoms with E-state index in [9.17, 15) is 9.36 Å². The third-order valence-corrected chi connectivity index (χ3v) is 10.4. The summed E-state index contributed by atoms with van der Waals surface area (Å²) in [4.78, 5) is 17.5. The van der Waals surface area contributed by atoms with Crippen LogP contribution in [0.3, 0.4) is 0 Å². The highest BCUT2D eigenvalue weighted by Crippen LogP contribution is 2.57. The second-order valence-electron chi connectivity index (χ2n) is 9.47. The predicted molar refractivity (Wildman–Crippen MR) is 137 cm³/mol. The van der Waals surface area contributed by atoms with E-state index in [4.69, 9.17) is 18.3 Å². The molecule has 0 N–H and O–H groups in total. The van der Waals surface area contributed by atoms with Gasteiger partial charge in [0.1, 0.15) is 18.4 Å². The van der Waals surface area contributed by atoms with Crippen molar-refractivity contribution < 1.29 is 27.6 Å². The Morgan fingerprint density at radius 2 is 2.00 bits per heavy atom. The predicted octanol–water partition coefficient (Wildman–Crippen LogP) is 5.56. The lowest BCUT2D eigenvalue weighted by molar-refractivity contribution is -0.0721. The van der Waals surface area contributed by atoms with E-state index in [0.29, 0.717) is 12.1 Å². The van der Waals surface area contributed by atoms with Gasteiger partial charge in [0.2, 0.25) is 0 Å². The largest absolute Gasteiger partial charge is 0.475 e. The van der Waals surface area contributed by atoms with Gasteiger partial charge in [-0.3, -0.25) is 22.8 Å². The lowest BCUT2D eigenvalue weighted by atomic mass is 10.0. The number of hydrogen-bond donors (Lipinski definition) is 0. The molecule has 2 aliphatic heterocycles. The molecule has 2 fully saturated rings. The molecule has 1 aromatic heterocycles. The van der Waals surface area contributed by atoms with Crippen molar-refractivity contribution in [1.29, 1.82) is 0 Å². The Hall–Kier alpha value is -1.20. The molecule has 4 rings (SSSR count). The normalized spacial score (nSPS) is 28.4. The molecule has 2 aliphatic rings. The van der Waals surface area contributed by atoms with Crippen molar-refractivity contribution in [3.05, 3.63) is 58.3 Å². The zero-order chi connectivity index (χ0) is 24.5. The van der Waals surface area contributed by atoms with Gasteiger partial charge in [0.15, 0.2) is 0 Å². The van der Waals surface area contributed by atoms with E-state index < -0.39 is 31.9 Å². The van der Waals surface area contributed by atoms with E-state index >= 15 is 0 Å². The van der Waals surface area contributed by atoms with Gasteiger partial charge in [0.25, 0.3) is 0 Å². The van der Waals surface area contributed by atoms with Gasteiger partial charge < -0.3 is 4.74 Å². The van der Waals surface area contributed by atoms with Gasteiger partial charge in [-0.25, -0.2) is 9.36 Å². The minimum atomic E-state index is -3.75. The number of halogens is 1. The number of hydrogen-bond acceptors (Lipinski definition) is 9. The average molecular weight is 547 g/mol. The fraction of sp³-hybridized carbons (Fsp3) is 0.565. The molecule has 12 heteroatoms. The van der Waals surface area contributed by atoms with Crippen LogP contribution in [0.1, 0.15) is 45.2 Å². The molecule has 194 valence electrons. The zero-order valence-electron chi connectivity index (χ0n) is 20.4. The molecule has 0 amide bonds. The fourth-order valence-corrected chi connectivity index (χ4v) is 7.56. The highest BCUT2D eigenvalue weighted by Gasteiger charge is 2.52. The first-order valence-corrected chi connectivity index (χ1v) is 14.9. The Labute approximate surface area is 212 Å². The molecule has 2 saturated heterocycles. The third kappa shape index (κ3) is 6.97. The SMILES string of the molecule is Cc1ccn([C@@H]2O[C@@H]3COP(=O)(OCCc4ccccc4SSC(C)(C)C)O[C@H]3[C@@H]2C)c(=O)n1.F. The summed E-state index contributed by atoms with van der Waals surface area (Å²) in [6, 6.07) is 9.88. The van der Waals surface area contributed by atoms with Crippen LogP contribution in [-0.4, -0.2) is 39.7 Å². The van der Waals surface area contributed by atoms with Gasteiger partial charge in [-0.15, -0.1) is 0 Å². The summed E-state index contributed by atoms with van der Waals surface area (Å²) in [5.41, 5.74) is 1.37. The number of phosphoric ester groups is 1. The number of aryl methyl sites for hydroxylation is 1. The summed E-state index contributed by atoms with van der Waals surface area (Å²) in [6.45, 7) is 10.5. The van der Waals surface area contributed by atoms with E-state index in [1.807, 2.05) is 25.1 Å². The molecule has 35 heavy (non-hydrogen) atoms. The number of phosphoric acid groups is 1. The van der Waals surface area contributed by atoms with Crippen molar-refractivity contribution in [3.8, 4) is 0 Å². The minimum Gasteiger partial charge on any atom is -0.349 e. The Balaban J connectivity index is 0.00000342. The third-order valence-electron chi connectivity index (χ3n) is 5.51. The van der Waals surface area contributed by atoms with Crippen molar-refractivity contribution in [2.24, 2.45) is 5.92 Å². The van der Waals surface area contributed by atoms with Crippen LogP contribution in [0.25, 0.3) is 0 Å². The van der Waals surface area contributed by atoms with Crippen LogP contribution in [0.2, 0.25) is 0 Å². The average Bonchev–Trinajstić information content (AvgIpc) is 3.08. The Kier molecular flexibility index (Phi) is 9.29. The van der Waals surface area contributed by atoms with Gasteiger partial charge in [-0.2, -0.15) is 4.98 Å². The molecule has 1 aromatic carbocycles. The summed E-state index contributed by atoms with van der Waals surface area (Å²) in [5, 5.41) is 0. The molecule has 0 spiro atoms. The van der Waals surface area contributed by atoms with E-state index in [-0.39, 0.29) is 28.6 Å². The molecule has 0 radical (unpaired) electrons. The first-order valence-electron chi connectivity index (χ1n) is 11.3. The number of rotatable bonds is 7. The van der Waals surface area contributed by atoms with Crippen LogP contribution >= 0.6 is 29.4 Å². The summed E-state index contributed by atoms with van der Waals surface area (Å²) in [6.07, 6.45) is 0.717. The molecule has 0 saturated carbocycles. The van der Waals surface area contributed by atoms with E-state index in [2.05, 4.69) is 31.8 Å². The first kappa shape index (κ1) is 28.4. The lowest BCUT2D eigenvalue weighted by Crippen LogP contribution is -2.36. The van der Waals surface area contributed by atoms with Crippen molar-refractivity contribution in [3.63, 3.8) is 0 Å². The van der Waals surface area contributed by atoms with Gasteiger partial charge in [0, 0.05) is 27.5 Å². The lowest BCUT2D eigenvalue weighted by Gasteiger charge is -2.31. The maximum absolute atomic E-state index is 13.2. The number of nitrogens with zero attached hydrogens (tertiary/aromatic N) is 2. The quantitative estimate of drug-likeness (QED) is 0.327. The maximum atomic E-state index is 13.2. The highest BCUT2D eigenvalue weighted by atomic mass is 33.1. The first-order chi connectivity index (χ1) is 16.0. The van der Waals surface area contributed by atoms with Crippen molar-refractivity contribution in [1.82, 2.24) is 9.55 Å². The van der Waals surface area contributed by atoms with Crippen molar-refractivity contribution in [2.45, 2.75) is 69.1 Å². The molecule has 0 bridgehead atoms. The van der Waals surface area contributed by atoms with Crippen LogP contribution in [0.15, 0.2) is 46.2 Å². The molecule has 3 heterocycles. The van der Waals surface area contributed by atoms with E-state index in [1.165, 1.54) is 4.57 Å². The van der Waals surface area contributed by atoms with Crippen LogP contribution in [0.5, 0.6) is 0 Å². The van der Waals surface area contributed by atoms with Crippen molar-refractivity contribution in [2.75, 3.05) is 13.2 Å². The van der Waals surface area contributed by atoms with E-state index in [0.717, 1.165) is 10.5 Å². The molecular weight excluding hydrogens is 514 g/mol. The summed E-state index contributed by atoms with van der Waals surface area (Å²) < 4.78 is 37.8. The molecule has 8 nitrogen and oxygen atoms in total. The molecule has 1 unspecified atom stereocenters. The van der Waals surface area contributed by atoms with Gasteiger partial charge in [-0.05, 0) is 31.0 Å². The van der Waals surface area contributed by atoms with Crippen molar-refractivity contribution >= 4 is 29.4 Å². The standard InChI is InChI=1S/C23H31N2O6PS2.FH/c1-15-10-12-25(22(26)24-15)21-16(2)20-18(30-21)14-29-32(27,31-20)28-13-11-17-8-6-7-9-19(17)33-34-23(3,4)5;/h6-10,12,16,18,20-21H,11,13-14H2,1-5H3;1H/t16-,18+,20-,21+,32?;/m0./s1. The maximum Gasteiger partial charge on any atom is 0.475 e. The number of ether oxygens (including phenoxy) is 1. The molecule has 5 atom stereocenters. The number of benzene rings is 1. The fourth-order valence-electron chi connectivity index (χ4n) is 3.83. The number of fused-ring (bicyclic) bond motifs is 1. The van der Waals surface area contributed by atoms with Gasteiger partial charge >= 0.3 is 13.5 Å². The second kappa shape index (κ2) is 11.5. The van der Waals surface area contributed by atoms with Gasteiger partial charge in [0.05, 0.1) is 13.2 Å². The molecular formula is C23H32FN2O6PS2. The van der Waals surface area contributed by atoms with Crippen LogP contribution < -0.4 is 5.69 Å². The number of aromatic nitrogens is 2. The molecule has 2 aromatic rings. The second-order valence-corrected chi connectivity index (χ2v) is 14.1. The summed E-state index contributed by atoms with van der Waals surface area (Å²) in [7, 11) is -0.214. The molecule has 0 aliphatic carbocycles. The van der Waals surface area contributed by atoms with Gasteiger partial charge in [-0.1, -0.05) is 67.5 Å². The Morgan fingerprint density at radius 1 is 1.26 bits per heavy atom.